The molecule has 1 atom stereocenters. The fourth-order valence-corrected chi connectivity index (χ4v) is 3.28. The van der Waals surface area contributed by atoms with Gasteiger partial charge >= 0.3 is 0 Å². The summed E-state index contributed by atoms with van der Waals surface area (Å²) in [4.78, 5) is 4.73. The molecule has 3 nitrogen and oxygen atoms in total. The molecule has 4 heteroatoms. The smallest absolute Gasteiger partial charge is 0.0642 e. The van der Waals surface area contributed by atoms with E-state index in [1.54, 1.807) is 0 Å². The van der Waals surface area contributed by atoms with Crippen molar-refractivity contribution in [2.75, 3.05) is 38.6 Å². The van der Waals surface area contributed by atoms with Gasteiger partial charge < -0.3 is 15.5 Å². The Kier molecular flexibility index (Phi) is 5.08. The van der Waals surface area contributed by atoms with Gasteiger partial charge in [-0.1, -0.05) is 23.7 Å². The zero-order valence-corrected chi connectivity index (χ0v) is 12.7. The van der Waals surface area contributed by atoms with Crippen molar-refractivity contribution in [3.8, 4) is 0 Å². The van der Waals surface area contributed by atoms with Crippen LogP contribution in [0.5, 0.6) is 0 Å². The van der Waals surface area contributed by atoms with Crippen molar-refractivity contribution in [2.45, 2.75) is 25.3 Å². The van der Waals surface area contributed by atoms with Crippen LogP contribution in [-0.2, 0) is 6.42 Å². The van der Waals surface area contributed by atoms with E-state index in [1.165, 1.54) is 24.1 Å². The lowest BCUT2D eigenvalue weighted by Gasteiger charge is -2.31. The van der Waals surface area contributed by atoms with Gasteiger partial charge in [0.05, 0.1) is 10.7 Å². The Morgan fingerprint density at radius 1 is 1.42 bits per heavy atom. The quantitative estimate of drug-likeness (QED) is 0.899. The number of hydrogen-bond donors (Lipinski definition) is 1. The molecule has 1 aromatic carbocycles. The maximum Gasteiger partial charge on any atom is 0.0642 e. The highest BCUT2D eigenvalue weighted by molar-refractivity contribution is 6.33. The summed E-state index contributed by atoms with van der Waals surface area (Å²) in [6, 6.07) is 6.72. The molecule has 0 bridgehead atoms. The highest BCUT2D eigenvalue weighted by Gasteiger charge is 2.27. The molecule has 0 radical (unpaired) electrons. The Morgan fingerprint density at radius 3 is 2.89 bits per heavy atom. The Bertz CT molecular complexity index is 420. The molecular weight excluding hydrogens is 258 g/mol. The summed E-state index contributed by atoms with van der Waals surface area (Å²) >= 11 is 6.45. The number of para-hydroxylation sites is 1. The zero-order chi connectivity index (χ0) is 13.8. The number of nitrogens with two attached hydrogens (primary N) is 1. The molecular formula is C15H24ClN3. The molecule has 0 spiro atoms. The summed E-state index contributed by atoms with van der Waals surface area (Å²) in [5.41, 5.74) is 8.21. The van der Waals surface area contributed by atoms with E-state index < -0.39 is 0 Å². The maximum atomic E-state index is 6.45. The van der Waals surface area contributed by atoms with Crippen LogP contribution in [0.25, 0.3) is 0 Å². The Morgan fingerprint density at radius 2 is 2.21 bits per heavy atom. The Balaban J connectivity index is 2.29. The fourth-order valence-electron chi connectivity index (χ4n) is 2.98. The average molecular weight is 282 g/mol. The predicted octanol–water partition coefficient (Wildman–Crippen LogP) is 2.37. The van der Waals surface area contributed by atoms with Crippen LogP contribution in [0.4, 0.5) is 5.69 Å². The van der Waals surface area contributed by atoms with Crippen molar-refractivity contribution in [2.24, 2.45) is 5.73 Å². The molecule has 19 heavy (non-hydrogen) atoms. The number of benzene rings is 1. The average Bonchev–Trinajstić information content (AvgIpc) is 2.77. The van der Waals surface area contributed by atoms with Crippen LogP contribution in [0.2, 0.25) is 5.02 Å². The van der Waals surface area contributed by atoms with Crippen molar-refractivity contribution < 1.29 is 0 Å². The molecule has 1 unspecified atom stereocenters. The van der Waals surface area contributed by atoms with Crippen molar-refractivity contribution in [3.63, 3.8) is 0 Å². The number of likely N-dealkylation sites (N-methyl/N-ethyl adjacent to an activating group) is 1. The standard InChI is InChI=1S/C15H24ClN3/c1-18(2)11-13-6-4-10-19(13)15-12(8-9-17)5-3-7-14(15)16/h3,5,7,13H,4,6,8-11,17H2,1-2H3. The molecule has 0 aromatic heterocycles. The third-order valence-corrected chi connectivity index (χ3v) is 4.03. The van der Waals surface area contributed by atoms with E-state index in [0.29, 0.717) is 12.6 Å². The van der Waals surface area contributed by atoms with Gasteiger partial charge in [0.25, 0.3) is 0 Å². The van der Waals surface area contributed by atoms with Crippen LogP contribution in [0.1, 0.15) is 18.4 Å². The van der Waals surface area contributed by atoms with Gasteiger partial charge in [0.2, 0.25) is 0 Å². The number of halogens is 1. The summed E-state index contributed by atoms with van der Waals surface area (Å²) < 4.78 is 0. The topological polar surface area (TPSA) is 32.5 Å². The lowest BCUT2D eigenvalue weighted by atomic mass is 10.1. The van der Waals surface area contributed by atoms with E-state index in [-0.39, 0.29) is 0 Å². The first-order valence-corrected chi connectivity index (χ1v) is 7.40. The minimum atomic E-state index is 0.562. The van der Waals surface area contributed by atoms with E-state index in [1.807, 2.05) is 12.1 Å². The minimum Gasteiger partial charge on any atom is -0.366 e. The van der Waals surface area contributed by atoms with Gasteiger partial charge in [-0.2, -0.15) is 0 Å². The zero-order valence-electron chi connectivity index (χ0n) is 11.9. The normalized spacial score (nSPS) is 19.4. The fraction of sp³-hybridized carbons (Fsp3) is 0.600. The molecule has 1 fully saturated rings. The van der Waals surface area contributed by atoms with Crippen LogP contribution in [-0.4, -0.2) is 44.7 Å². The van der Waals surface area contributed by atoms with Gasteiger partial charge in [0, 0.05) is 19.1 Å². The van der Waals surface area contributed by atoms with Crippen molar-refractivity contribution >= 4 is 17.3 Å². The highest BCUT2D eigenvalue weighted by atomic mass is 35.5. The summed E-state index contributed by atoms with van der Waals surface area (Å²) in [5, 5.41) is 0.858. The lowest BCUT2D eigenvalue weighted by molar-refractivity contribution is 0.372. The molecule has 1 aromatic rings. The number of hydrogen-bond acceptors (Lipinski definition) is 3. The first kappa shape index (κ1) is 14.6. The largest absolute Gasteiger partial charge is 0.366 e. The number of rotatable bonds is 5. The van der Waals surface area contributed by atoms with E-state index in [4.69, 9.17) is 17.3 Å². The molecule has 2 rings (SSSR count). The molecule has 1 aliphatic rings. The first-order valence-electron chi connectivity index (χ1n) is 7.02. The second-order valence-electron chi connectivity index (χ2n) is 5.54. The van der Waals surface area contributed by atoms with Crippen LogP contribution in [0.3, 0.4) is 0 Å². The van der Waals surface area contributed by atoms with Crippen LogP contribution >= 0.6 is 11.6 Å². The van der Waals surface area contributed by atoms with Crippen molar-refractivity contribution in [1.82, 2.24) is 4.90 Å². The predicted molar refractivity (Wildman–Crippen MR) is 83.1 cm³/mol. The van der Waals surface area contributed by atoms with Crippen LogP contribution < -0.4 is 10.6 Å². The maximum absolute atomic E-state index is 6.45. The van der Waals surface area contributed by atoms with Gasteiger partial charge in [0.15, 0.2) is 0 Å². The molecule has 0 aliphatic carbocycles. The van der Waals surface area contributed by atoms with Crippen LogP contribution in [0.15, 0.2) is 18.2 Å². The second kappa shape index (κ2) is 6.60. The lowest BCUT2D eigenvalue weighted by Crippen LogP contribution is -2.38. The Labute approximate surface area is 121 Å². The van der Waals surface area contributed by atoms with Gasteiger partial charge in [-0.05, 0) is 51.5 Å². The van der Waals surface area contributed by atoms with Gasteiger partial charge in [-0.15, -0.1) is 0 Å². The second-order valence-corrected chi connectivity index (χ2v) is 5.95. The van der Waals surface area contributed by atoms with E-state index in [9.17, 15) is 0 Å². The van der Waals surface area contributed by atoms with Gasteiger partial charge in [0.1, 0.15) is 0 Å². The van der Waals surface area contributed by atoms with Gasteiger partial charge in [-0.3, -0.25) is 0 Å². The van der Waals surface area contributed by atoms with E-state index >= 15 is 0 Å². The third-order valence-electron chi connectivity index (χ3n) is 3.72. The highest BCUT2D eigenvalue weighted by Crippen LogP contribution is 2.35. The van der Waals surface area contributed by atoms with Crippen molar-refractivity contribution in [1.29, 1.82) is 0 Å². The summed E-state index contributed by atoms with van der Waals surface area (Å²) in [5.74, 6) is 0. The summed E-state index contributed by atoms with van der Waals surface area (Å²) in [6.07, 6.45) is 3.37. The molecule has 1 saturated heterocycles. The molecule has 1 aliphatic heterocycles. The molecule has 0 amide bonds. The molecule has 0 saturated carbocycles. The minimum absolute atomic E-state index is 0.562. The molecule has 2 N–H and O–H groups in total. The molecule has 1 heterocycles. The summed E-state index contributed by atoms with van der Waals surface area (Å²) in [6.45, 7) is 2.84. The monoisotopic (exact) mass is 281 g/mol. The van der Waals surface area contributed by atoms with Gasteiger partial charge in [-0.25, -0.2) is 0 Å². The van der Waals surface area contributed by atoms with E-state index in [0.717, 1.165) is 24.5 Å². The number of nitrogens with zero attached hydrogens (tertiary/aromatic N) is 2. The van der Waals surface area contributed by atoms with Crippen molar-refractivity contribution in [3.05, 3.63) is 28.8 Å². The summed E-state index contributed by atoms with van der Waals surface area (Å²) in [7, 11) is 4.26. The van der Waals surface area contributed by atoms with Crippen LogP contribution in [0, 0.1) is 0 Å². The third kappa shape index (κ3) is 3.41. The first-order chi connectivity index (χ1) is 9.13. The Hall–Kier alpha value is -0.770. The number of anilines is 1. The van der Waals surface area contributed by atoms with E-state index in [2.05, 4.69) is 30.0 Å². The SMILES string of the molecule is CN(C)CC1CCCN1c1c(Cl)cccc1CCN. The molecule has 106 valence electrons.